The zero-order valence-electron chi connectivity index (χ0n) is 11.3. The SMILES string of the molecule is CCNCc1ccc(COCc2ccccc2)nc1. The van der Waals surface area contributed by atoms with Gasteiger partial charge in [0, 0.05) is 12.7 Å². The lowest BCUT2D eigenvalue weighted by Crippen LogP contribution is -2.12. The monoisotopic (exact) mass is 256 g/mol. The molecule has 2 aromatic rings. The summed E-state index contributed by atoms with van der Waals surface area (Å²) in [6, 6.07) is 14.3. The number of nitrogens with one attached hydrogen (secondary N) is 1. The van der Waals surface area contributed by atoms with Crippen molar-refractivity contribution in [2.24, 2.45) is 0 Å². The third-order valence-corrected chi connectivity index (χ3v) is 2.83. The van der Waals surface area contributed by atoms with Crippen molar-refractivity contribution in [1.82, 2.24) is 10.3 Å². The molecule has 0 unspecified atom stereocenters. The minimum Gasteiger partial charge on any atom is -0.370 e. The summed E-state index contributed by atoms with van der Waals surface area (Å²) in [6.07, 6.45) is 1.91. The van der Waals surface area contributed by atoms with Gasteiger partial charge in [-0.15, -0.1) is 0 Å². The predicted molar refractivity (Wildman–Crippen MR) is 76.6 cm³/mol. The van der Waals surface area contributed by atoms with Gasteiger partial charge in [-0.1, -0.05) is 43.3 Å². The van der Waals surface area contributed by atoms with Crippen molar-refractivity contribution in [3.63, 3.8) is 0 Å². The van der Waals surface area contributed by atoms with E-state index in [4.69, 9.17) is 4.74 Å². The van der Waals surface area contributed by atoms with Gasteiger partial charge in [0.05, 0.1) is 18.9 Å². The van der Waals surface area contributed by atoms with Crippen molar-refractivity contribution in [1.29, 1.82) is 0 Å². The van der Waals surface area contributed by atoms with Crippen LogP contribution in [0.3, 0.4) is 0 Å². The maximum absolute atomic E-state index is 5.65. The second-order valence-corrected chi connectivity index (χ2v) is 4.42. The summed E-state index contributed by atoms with van der Waals surface area (Å²) in [4.78, 5) is 4.40. The number of pyridine rings is 1. The lowest BCUT2D eigenvalue weighted by molar-refractivity contribution is 0.104. The van der Waals surface area contributed by atoms with Crippen LogP contribution >= 0.6 is 0 Å². The standard InChI is InChI=1S/C16H20N2O/c1-2-17-10-15-8-9-16(18-11-15)13-19-12-14-6-4-3-5-7-14/h3-9,11,17H,2,10,12-13H2,1H3. The topological polar surface area (TPSA) is 34.1 Å². The summed E-state index contributed by atoms with van der Waals surface area (Å²) in [5, 5.41) is 3.28. The fraction of sp³-hybridized carbons (Fsp3) is 0.312. The number of rotatable bonds is 7. The van der Waals surface area contributed by atoms with Crippen LogP contribution in [0, 0.1) is 0 Å². The van der Waals surface area contributed by atoms with E-state index in [0.717, 1.165) is 18.8 Å². The lowest BCUT2D eigenvalue weighted by atomic mass is 10.2. The van der Waals surface area contributed by atoms with Crippen LogP contribution in [0.1, 0.15) is 23.7 Å². The first kappa shape index (κ1) is 13.7. The highest BCUT2D eigenvalue weighted by Crippen LogP contribution is 2.05. The maximum Gasteiger partial charge on any atom is 0.0892 e. The Morgan fingerprint density at radius 2 is 1.84 bits per heavy atom. The molecule has 0 aliphatic carbocycles. The molecule has 0 fully saturated rings. The average Bonchev–Trinajstić information content (AvgIpc) is 2.47. The molecule has 100 valence electrons. The van der Waals surface area contributed by atoms with Crippen molar-refractivity contribution in [2.75, 3.05) is 6.54 Å². The molecule has 0 saturated carbocycles. The van der Waals surface area contributed by atoms with E-state index in [1.807, 2.05) is 30.5 Å². The summed E-state index contributed by atoms with van der Waals surface area (Å²) >= 11 is 0. The molecular weight excluding hydrogens is 236 g/mol. The molecule has 2 rings (SSSR count). The van der Waals surface area contributed by atoms with E-state index in [1.54, 1.807) is 0 Å². The molecule has 0 amide bonds. The molecular formula is C16H20N2O. The van der Waals surface area contributed by atoms with Gasteiger partial charge in [0.15, 0.2) is 0 Å². The molecule has 0 bridgehead atoms. The highest BCUT2D eigenvalue weighted by molar-refractivity contribution is 5.15. The van der Waals surface area contributed by atoms with Gasteiger partial charge in [0.2, 0.25) is 0 Å². The lowest BCUT2D eigenvalue weighted by Gasteiger charge is -2.05. The molecule has 19 heavy (non-hydrogen) atoms. The zero-order valence-corrected chi connectivity index (χ0v) is 11.3. The molecule has 1 heterocycles. The van der Waals surface area contributed by atoms with E-state index in [9.17, 15) is 0 Å². The van der Waals surface area contributed by atoms with Gasteiger partial charge >= 0.3 is 0 Å². The van der Waals surface area contributed by atoms with Crippen LogP contribution in [0.25, 0.3) is 0 Å². The summed E-state index contributed by atoms with van der Waals surface area (Å²) in [5.41, 5.74) is 3.36. The van der Waals surface area contributed by atoms with Crippen LogP contribution in [0.2, 0.25) is 0 Å². The van der Waals surface area contributed by atoms with E-state index in [0.29, 0.717) is 13.2 Å². The Balaban J connectivity index is 1.77. The van der Waals surface area contributed by atoms with Crippen molar-refractivity contribution >= 4 is 0 Å². The summed E-state index contributed by atoms with van der Waals surface area (Å²) in [6.45, 7) is 5.12. The normalized spacial score (nSPS) is 10.6. The highest BCUT2D eigenvalue weighted by Gasteiger charge is 1.97. The Morgan fingerprint density at radius 3 is 2.53 bits per heavy atom. The quantitative estimate of drug-likeness (QED) is 0.827. The van der Waals surface area contributed by atoms with Gasteiger partial charge in [-0.2, -0.15) is 0 Å². The minimum absolute atomic E-state index is 0.552. The number of benzene rings is 1. The minimum atomic E-state index is 0.552. The third kappa shape index (κ3) is 4.81. The Morgan fingerprint density at radius 1 is 1.00 bits per heavy atom. The van der Waals surface area contributed by atoms with E-state index in [-0.39, 0.29) is 0 Å². The fourth-order valence-electron chi connectivity index (χ4n) is 1.76. The molecule has 3 heteroatoms. The second-order valence-electron chi connectivity index (χ2n) is 4.42. The van der Waals surface area contributed by atoms with E-state index in [1.165, 1.54) is 11.1 Å². The molecule has 0 spiro atoms. The number of aromatic nitrogens is 1. The Bertz CT molecular complexity index is 468. The number of ether oxygens (including phenoxy) is 1. The van der Waals surface area contributed by atoms with Crippen LogP contribution in [-0.2, 0) is 24.5 Å². The smallest absolute Gasteiger partial charge is 0.0892 e. The van der Waals surface area contributed by atoms with Crippen LogP contribution in [0.15, 0.2) is 48.7 Å². The molecule has 0 aliphatic heterocycles. The van der Waals surface area contributed by atoms with Gasteiger partial charge in [0.1, 0.15) is 0 Å². The molecule has 0 atom stereocenters. The van der Waals surface area contributed by atoms with Crippen molar-refractivity contribution in [2.45, 2.75) is 26.7 Å². The largest absolute Gasteiger partial charge is 0.370 e. The van der Waals surface area contributed by atoms with Gasteiger partial charge in [-0.05, 0) is 23.7 Å². The van der Waals surface area contributed by atoms with E-state index >= 15 is 0 Å². The van der Waals surface area contributed by atoms with Crippen LogP contribution < -0.4 is 5.32 Å². The van der Waals surface area contributed by atoms with Gasteiger partial charge in [0.25, 0.3) is 0 Å². The second kappa shape index (κ2) is 7.67. The third-order valence-electron chi connectivity index (χ3n) is 2.83. The molecule has 3 nitrogen and oxygen atoms in total. The van der Waals surface area contributed by atoms with Crippen LogP contribution in [0.5, 0.6) is 0 Å². The van der Waals surface area contributed by atoms with Crippen molar-refractivity contribution in [3.8, 4) is 0 Å². The Labute approximate surface area is 114 Å². The molecule has 0 radical (unpaired) electrons. The number of hydrogen-bond donors (Lipinski definition) is 1. The fourth-order valence-corrected chi connectivity index (χ4v) is 1.76. The van der Waals surface area contributed by atoms with Gasteiger partial charge in [-0.3, -0.25) is 4.98 Å². The highest BCUT2D eigenvalue weighted by atomic mass is 16.5. The van der Waals surface area contributed by atoms with Crippen molar-refractivity contribution in [3.05, 3.63) is 65.5 Å². The maximum atomic E-state index is 5.65. The van der Waals surface area contributed by atoms with Gasteiger partial charge in [-0.25, -0.2) is 0 Å². The summed E-state index contributed by atoms with van der Waals surface area (Å²) in [7, 11) is 0. The number of hydrogen-bond acceptors (Lipinski definition) is 3. The first-order valence-electron chi connectivity index (χ1n) is 6.64. The zero-order chi connectivity index (χ0) is 13.3. The first-order valence-corrected chi connectivity index (χ1v) is 6.64. The molecule has 0 aliphatic rings. The van der Waals surface area contributed by atoms with E-state index in [2.05, 4.69) is 35.4 Å². The van der Waals surface area contributed by atoms with Crippen LogP contribution in [0.4, 0.5) is 0 Å². The summed E-state index contributed by atoms with van der Waals surface area (Å²) in [5.74, 6) is 0. The van der Waals surface area contributed by atoms with E-state index < -0.39 is 0 Å². The Hall–Kier alpha value is -1.71. The molecule has 1 aromatic carbocycles. The molecule has 1 aromatic heterocycles. The predicted octanol–water partition coefficient (Wildman–Crippen LogP) is 2.91. The molecule has 0 saturated heterocycles. The summed E-state index contributed by atoms with van der Waals surface area (Å²) < 4.78 is 5.65. The average molecular weight is 256 g/mol. The van der Waals surface area contributed by atoms with Gasteiger partial charge < -0.3 is 10.1 Å². The number of nitrogens with zero attached hydrogens (tertiary/aromatic N) is 1. The Kier molecular flexibility index (Phi) is 5.53. The van der Waals surface area contributed by atoms with Crippen molar-refractivity contribution < 1.29 is 4.74 Å². The van der Waals surface area contributed by atoms with Crippen LogP contribution in [-0.4, -0.2) is 11.5 Å². The first-order chi connectivity index (χ1) is 9.38. The molecule has 1 N–H and O–H groups in total.